The van der Waals surface area contributed by atoms with Crippen molar-refractivity contribution in [2.24, 2.45) is 22.7 Å². The summed E-state index contributed by atoms with van der Waals surface area (Å²) >= 11 is 0. The number of carbonyl (C=O) groups is 1. The van der Waals surface area contributed by atoms with E-state index in [1.807, 2.05) is 0 Å². The molecule has 2 aliphatic rings. The van der Waals surface area contributed by atoms with Crippen LogP contribution in [0.4, 0.5) is 0 Å². The molecule has 146 valence electrons. The maximum Gasteiger partial charge on any atom is 0.361 e. The second kappa shape index (κ2) is 7.56. The number of ether oxygens (including phenoxy) is 2. The zero-order valence-corrected chi connectivity index (χ0v) is 17.6. The molecule has 0 heterocycles. The van der Waals surface area contributed by atoms with Crippen LogP contribution in [0.2, 0.25) is 0 Å². The minimum atomic E-state index is -0.0985. The van der Waals surface area contributed by atoms with E-state index in [0.29, 0.717) is 40.5 Å². The molecule has 0 amide bonds. The molecule has 0 N–H and O–H groups in total. The number of hydrogen-bond donors (Lipinski definition) is 0. The van der Waals surface area contributed by atoms with Crippen molar-refractivity contribution in [3.63, 3.8) is 0 Å². The summed E-state index contributed by atoms with van der Waals surface area (Å²) in [6.07, 6.45) is 5.15. The van der Waals surface area contributed by atoms with Gasteiger partial charge < -0.3 is 14.0 Å². The summed E-state index contributed by atoms with van der Waals surface area (Å²) in [5, 5.41) is 0. The number of nitrogens with zero attached hydrogens (tertiary/aromatic N) is 1. The van der Waals surface area contributed by atoms with Gasteiger partial charge in [0.05, 0.1) is 33.4 Å². The summed E-state index contributed by atoms with van der Waals surface area (Å²) in [6, 6.07) is 0. The SMILES string of the molecule is CC(C)CCOC(=O)C[N+](C)(C)CCO[C@@H]1C[C@@H]2CC[C@]1(C)C2(C)C. The highest BCUT2D eigenvalue weighted by molar-refractivity contribution is 5.70. The van der Waals surface area contributed by atoms with Crippen LogP contribution in [0.25, 0.3) is 0 Å². The molecule has 0 aromatic heterocycles. The number of hydrogen-bond acceptors (Lipinski definition) is 3. The molecule has 0 unspecified atom stereocenters. The van der Waals surface area contributed by atoms with Crippen molar-refractivity contribution in [3.8, 4) is 0 Å². The summed E-state index contributed by atoms with van der Waals surface area (Å²) in [7, 11) is 4.17. The van der Waals surface area contributed by atoms with Crippen molar-refractivity contribution in [2.45, 2.75) is 66.4 Å². The third-order valence-corrected chi connectivity index (χ3v) is 7.24. The number of carbonyl (C=O) groups excluding carboxylic acids is 1. The lowest BCUT2D eigenvalue weighted by Gasteiger charge is -2.39. The molecule has 0 radical (unpaired) electrons. The molecule has 3 atom stereocenters. The standard InChI is InChI=1S/C21H40NO3/c1-16(2)9-12-25-19(23)15-22(6,7)11-13-24-18-14-17-8-10-21(18,5)20(17,3)4/h16-18H,8-15H2,1-7H3/q+1/t17-,18+,21-/m0/s1. The average Bonchev–Trinajstić information content (AvgIpc) is 2.79. The molecule has 2 bridgehead atoms. The first-order chi connectivity index (χ1) is 11.5. The molecule has 0 aromatic rings. The van der Waals surface area contributed by atoms with Crippen LogP contribution < -0.4 is 0 Å². The Morgan fingerprint density at radius 2 is 1.88 bits per heavy atom. The molecule has 2 fully saturated rings. The summed E-state index contributed by atoms with van der Waals surface area (Å²) < 4.78 is 12.3. The van der Waals surface area contributed by atoms with E-state index >= 15 is 0 Å². The van der Waals surface area contributed by atoms with Crippen LogP contribution in [0.1, 0.15) is 60.3 Å². The molecular weight excluding hydrogens is 314 g/mol. The van der Waals surface area contributed by atoms with Crippen molar-refractivity contribution in [2.75, 3.05) is 40.4 Å². The van der Waals surface area contributed by atoms with Gasteiger partial charge in [-0.25, -0.2) is 4.79 Å². The predicted molar refractivity (Wildman–Crippen MR) is 101 cm³/mol. The monoisotopic (exact) mass is 354 g/mol. The van der Waals surface area contributed by atoms with E-state index in [0.717, 1.165) is 25.5 Å². The van der Waals surface area contributed by atoms with Gasteiger partial charge in [0, 0.05) is 0 Å². The van der Waals surface area contributed by atoms with Gasteiger partial charge in [0.2, 0.25) is 0 Å². The molecule has 25 heavy (non-hydrogen) atoms. The van der Waals surface area contributed by atoms with Gasteiger partial charge in [-0.05, 0) is 48.3 Å². The molecule has 0 aliphatic heterocycles. The molecule has 2 saturated carbocycles. The maximum atomic E-state index is 12.0. The van der Waals surface area contributed by atoms with Crippen molar-refractivity contribution >= 4 is 5.97 Å². The van der Waals surface area contributed by atoms with Gasteiger partial charge in [-0.1, -0.05) is 34.6 Å². The Bertz CT molecular complexity index is 472. The van der Waals surface area contributed by atoms with Crippen molar-refractivity contribution in [3.05, 3.63) is 0 Å². The van der Waals surface area contributed by atoms with Crippen LogP contribution in [-0.2, 0) is 14.3 Å². The molecule has 0 saturated heterocycles. The van der Waals surface area contributed by atoms with E-state index in [2.05, 4.69) is 48.7 Å². The Kier molecular flexibility index (Phi) is 6.26. The number of quaternary nitrogens is 1. The van der Waals surface area contributed by atoms with Gasteiger partial charge in [-0.3, -0.25) is 0 Å². The Labute approximate surface area is 154 Å². The Hall–Kier alpha value is -0.610. The average molecular weight is 355 g/mol. The number of rotatable bonds is 9. The van der Waals surface area contributed by atoms with E-state index < -0.39 is 0 Å². The third kappa shape index (κ3) is 4.57. The fourth-order valence-corrected chi connectivity index (χ4v) is 4.71. The zero-order valence-electron chi connectivity index (χ0n) is 17.6. The predicted octanol–water partition coefficient (Wildman–Crippen LogP) is 3.88. The first-order valence-electron chi connectivity index (χ1n) is 10.1. The topological polar surface area (TPSA) is 35.5 Å². The number of fused-ring (bicyclic) bond motifs is 2. The highest BCUT2D eigenvalue weighted by Gasteiger charge is 2.61. The Balaban J connectivity index is 1.73. The fourth-order valence-electron chi connectivity index (χ4n) is 4.71. The molecule has 4 heteroatoms. The van der Waals surface area contributed by atoms with Crippen LogP contribution in [-0.4, -0.2) is 57.0 Å². The lowest BCUT2D eigenvalue weighted by atomic mass is 9.70. The number of esters is 1. The largest absolute Gasteiger partial charge is 0.462 e. The highest BCUT2D eigenvalue weighted by atomic mass is 16.5. The van der Waals surface area contributed by atoms with E-state index in [1.165, 1.54) is 19.3 Å². The van der Waals surface area contributed by atoms with E-state index in [-0.39, 0.29) is 5.97 Å². The quantitative estimate of drug-likeness (QED) is 0.465. The fraction of sp³-hybridized carbons (Fsp3) is 0.952. The maximum absolute atomic E-state index is 12.0. The summed E-state index contributed by atoms with van der Waals surface area (Å²) in [5.41, 5.74) is 0.701. The molecule has 4 nitrogen and oxygen atoms in total. The second-order valence-electron chi connectivity index (χ2n) is 10.2. The van der Waals surface area contributed by atoms with Crippen LogP contribution in [0.15, 0.2) is 0 Å². The minimum absolute atomic E-state index is 0.0985. The molecule has 2 aliphatic carbocycles. The zero-order chi connectivity index (χ0) is 18.9. The normalized spacial score (nSPS) is 30.9. The van der Waals surface area contributed by atoms with Gasteiger partial charge in [0.15, 0.2) is 6.54 Å². The number of likely N-dealkylation sites (N-methyl/N-ethyl adjacent to an activating group) is 1. The van der Waals surface area contributed by atoms with Gasteiger partial charge in [-0.2, -0.15) is 0 Å². The van der Waals surface area contributed by atoms with E-state index in [1.54, 1.807) is 0 Å². The van der Waals surface area contributed by atoms with Crippen molar-refractivity contribution in [1.82, 2.24) is 0 Å². The van der Waals surface area contributed by atoms with Crippen LogP contribution in [0.3, 0.4) is 0 Å². The van der Waals surface area contributed by atoms with Crippen molar-refractivity contribution in [1.29, 1.82) is 0 Å². The molecule has 0 spiro atoms. The highest BCUT2D eigenvalue weighted by Crippen LogP contribution is 2.66. The van der Waals surface area contributed by atoms with Crippen LogP contribution >= 0.6 is 0 Å². The van der Waals surface area contributed by atoms with Gasteiger partial charge in [0.1, 0.15) is 6.54 Å². The first-order valence-corrected chi connectivity index (χ1v) is 10.1. The summed E-state index contributed by atoms with van der Waals surface area (Å²) in [4.78, 5) is 12.0. The first kappa shape index (κ1) is 20.7. The lowest BCUT2D eigenvalue weighted by Crippen LogP contribution is -2.47. The van der Waals surface area contributed by atoms with E-state index in [4.69, 9.17) is 9.47 Å². The lowest BCUT2D eigenvalue weighted by molar-refractivity contribution is -0.883. The summed E-state index contributed by atoms with van der Waals surface area (Å²) in [5.74, 6) is 1.27. The minimum Gasteiger partial charge on any atom is -0.462 e. The summed E-state index contributed by atoms with van der Waals surface area (Å²) in [6.45, 7) is 14.0. The second-order valence-corrected chi connectivity index (χ2v) is 10.2. The Morgan fingerprint density at radius 1 is 1.20 bits per heavy atom. The third-order valence-electron chi connectivity index (χ3n) is 7.24. The molecule has 2 rings (SSSR count). The van der Waals surface area contributed by atoms with Crippen LogP contribution in [0, 0.1) is 22.7 Å². The Morgan fingerprint density at radius 3 is 2.40 bits per heavy atom. The van der Waals surface area contributed by atoms with Crippen molar-refractivity contribution < 1.29 is 18.8 Å². The van der Waals surface area contributed by atoms with Gasteiger partial charge >= 0.3 is 5.97 Å². The van der Waals surface area contributed by atoms with E-state index in [9.17, 15) is 4.79 Å². The molecular formula is C21H40NO3+. The molecule has 0 aromatic carbocycles. The van der Waals surface area contributed by atoms with Gasteiger partial charge in [0.25, 0.3) is 0 Å². The van der Waals surface area contributed by atoms with Crippen LogP contribution in [0.5, 0.6) is 0 Å². The van der Waals surface area contributed by atoms with Gasteiger partial charge in [-0.15, -0.1) is 0 Å². The smallest absolute Gasteiger partial charge is 0.361 e.